The maximum atomic E-state index is 12.8. The maximum absolute atomic E-state index is 12.8. The van der Waals surface area contributed by atoms with Gasteiger partial charge < -0.3 is 11.1 Å². The van der Waals surface area contributed by atoms with Crippen molar-refractivity contribution in [2.45, 2.75) is 13.5 Å². The Hall–Kier alpha value is -2.64. The van der Waals surface area contributed by atoms with Crippen LogP contribution < -0.4 is 11.1 Å². The first kappa shape index (κ1) is 20.6. The molecule has 2 aromatic heterocycles. The van der Waals surface area contributed by atoms with Gasteiger partial charge in [0.05, 0.1) is 10.7 Å². The van der Waals surface area contributed by atoms with E-state index in [2.05, 4.69) is 15.3 Å². The van der Waals surface area contributed by atoms with Crippen molar-refractivity contribution in [3.8, 4) is 11.3 Å². The number of hydrogen-bond donors (Lipinski definition) is 2. The van der Waals surface area contributed by atoms with E-state index in [0.29, 0.717) is 32.2 Å². The van der Waals surface area contributed by atoms with Gasteiger partial charge in [0, 0.05) is 45.3 Å². The lowest BCUT2D eigenvalue weighted by Crippen LogP contribution is -2.12. The third kappa shape index (κ3) is 3.87. The molecule has 0 bridgehead atoms. The van der Waals surface area contributed by atoms with Gasteiger partial charge >= 0.3 is 0 Å². The van der Waals surface area contributed by atoms with Gasteiger partial charge in [0.2, 0.25) is 5.78 Å². The predicted molar refractivity (Wildman–Crippen MR) is 120 cm³/mol. The molecule has 0 spiro atoms. The SMILES string of the molecule is Cc1nc2nc(C(=O)Nc3cccc(Cl)c3)cn2c(-c2ccc(Cl)cc2Cl)c1CN. The molecular formula is C21H16Cl3N5O. The number of amides is 1. The molecule has 0 fully saturated rings. The van der Waals surface area contributed by atoms with E-state index in [1.54, 1.807) is 47.0 Å². The first-order valence-electron chi connectivity index (χ1n) is 8.98. The maximum Gasteiger partial charge on any atom is 0.275 e. The van der Waals surface area contributed by atoms with Gasteiger partial charge in [-0.1, -0.05) is 40.9 Å². The molecular weight excluding hydrogens is 445 g/mol. The number of hydrogen-bond acceptors (Lipinski definition) is 4. The molecule has 4 rings (SSSR count). The number of carbonyl (C=O) groups is 1. The van der Waals surface area contributed by atoms with Crippen molar-refractivity contribution in [2.24, 2.45) is 5.73 Å². The number of nitrogens with one attached hydrogen (secondary N) is 1. The number of anilines is 1. The lowest BCUT2D eigenvalue weighted by atomic mass is 10.0. The Morgan fingerprint density at radius 1 is 1.10 bits per heavy atom. The highest BCUT2D eigenvalue weighted by atomic mass is 35.5. The zero-order chi connectivity index (χ0) is 21.4. The molecule has 30 heavy (non-hydrogen) atoms. The van der Waals surface area contributed by atoms with E-state index < -0.39 is 0 Å². The minimum atomic E-state index is -0.386. The third-order valence-electron chi connectivity index (χ3n) is 4.62. The Morgan fingerprint density at radius 2 is 1.87 bits per heavy atom. The summed E-state index contributed by atoms with van der Waals surface area (Å²) in [5.74, 6) is -0.0233. The third-order valence-corrected chi connectivity index (χ3v) is 5.41. The number of carbonyl (C=O) groups excluding carboxylic acids is 1. The molecule has 2 heterocycles. The first-order chi connectivity index (χ1) is 14.4. The van der Waals surface area contributed by atoms with Crippen LogP contribution in [0.4, 0.5) is 5.69 Å². The highest BCUT2D eigenvalue weighted by Crippen LogP contribution is 2.34. The largest absolute Gasteiger partial charge is 0.326 e. The molecule has 2 aromatic carbocycles. The zero-order valence-corrected chi connectivity index (χ0v) is 18.1. The normalized spacial score (nSPS) is 11.1. The average Bonchev–Trinajstić information content (AvgIpc) is 3.11. The van der Waals surface area contributed by atoms with Crippen molar-refractivity contribution in [2.75, 3.05) is 5.32 Å². The van der Waals surface area contributed by atoms with Crippen molar-refractivity contribution in [1.29, 1.82) is 0 Å². The van der Waals surface area contributed by atoms with Gasteiger partial charge in [-0.2, -0.15) is 0 Å². The highest BCUT2D eigenvalue weighted by molar-refractivity contribution is 6.36. The summed E-state index contributed by atoms with van der Waals surface area (Å²) in [4.78, 5) is 21.7. The van der Waals surface area contributed by atoms with Crippen LogP contribution >= 0.6 is 34.8 Å². The van der Waals surface area contributed by atoms with Crippen molar-refractivity contribution >= 4 is 52.2 Å². The van der Waals surface area contributed by atoms with E-state index in [4.69, 9.17) is 40.5 Å². The number of benzene rings is 2. The Balaban J connectivity index is 1.85. The van der Waals surface area contributed by atoms with Crippen molar-refractivity contribution in [1.82, 2.24) is 14.4 Å². The van der Waals surface area contributed by atoms with Crippen LogP contribution in [0.15, 0.2) is 48.7 Å². The topological polar surface area (TPSA) is 85.3 Å². The summed E-state index contributed by atoms with van der Waals surface area (Å²) < 4.78 is 1.72. The number of imidazole rings is 1. The summed E-state index contributed by atoms with van der Waals surface area (Å²) in [6.07, 6.45) is 1.61. The van der Waals surface area contributed by atoms with Crippen LogP contribution in [-0.2, 0) is 6.54 Å². The lowest BCUT2D eigenvalue weighted by Gasteiger charge is -2.14. The lowest BCUT2D eigenvalue weighted by molar-refractivity contribution is 0.102. The Kier molecular flexibility index (Phi) is 5.66. The fraction of sp³-hybridized carbons (Fsp3) is 0.0952. The molecule has 0 aliphatic rings. The number of nitrogens with zero attached hydrogens (tertiary/aromatic N) is 3. The molecule has 0 saturated carbocycles. The van der Waals surface area contributed by atoms with Gasteiger partial charge in [-0.15, -0.1) is 0 Å². The minimum absolute atomic E-state index is 0.197. The highest BCUT2D eigenvalue weighted by Gasteiger charge is 2.20. The second-order valence-electron chi connectivity index (χ2n) is 6.61. The van der Waals surface area contributed by atoms with Crippen LogP contribution in [0.3, 0.4) is 0 Å². The number of aromatic nitrogens is 3. The fourth-order valence-electron chi connectivity index (χ4n) is 3.24. The quantitative estimate of drug-likeness (QED) is 0.428. The average molecular weight is 461 g/mol. The van der Waals surface area contributed by atoms with Gasteiger partial charge in [0.1, 0.15) is 5.69 Å². The fourth-order valence-corrected chi connectivity index (χ4v) is 3.93. The van der Waals surface area contributed by atoms with E-state index in [1.807, 2.05) is 13.0 Å². The van der Waals surface area contributed by atoms with Crippen LogP contribution in [0.25, 0.3) is 17.0 Å². The molecule has 9 heteroatoms. The van der Waals surface area contributed by atoms with E-state index in [9.17, 15) is 4.79 Å². The van der Waals surface area contributed by atoms with Gasteiger partial charge in [0.15, 0.2) is 0 Å². The number of halogens is 3. The number of rotatable bonds is 4. The molecule has 4 aromatic rings. The zero-order valence-electron chi connectivity index (χ0n) is 15.8. The molecule has 0 aliphatic heterocycles. The molecule has 0 saturated heterocycles. The molecule has 0 atom stereocenters. The second kappa shape index (κ2) is 8.24. The Labute approximate surface area is 187 Å². The summed E-state index contributed by atoms with van der Waals surface area (Å²) in [6.45, 7) is 2.08. The first-order valence-corrected chi connectivity index (χ1v) is 10.1. The van der Waals surface area contributed by atoms with E-state index in [-0.39, 0.29) is 18.1 Å². The van der Waals surface area contributed by atoms with Crippen LogP contribution in [0.5, 0.6) is 0 Å². The molecule has 6 nitrogen and oxygen atoms in total. The summed E-state index contributed by atoms with van der Waals surface area (Å²) in [6, 6.07) is 12.1. The van der Waals surface area contributed by atoms with Gasteiger partial charge in [0.25, 0.3) is 5.91 Å². The van der Waals surface area contributed by atoms with Crippen LogP contribution in [0.2, 0.25) is 15.1 Å². The number of fused-ring (bicyclic) bond motifs is 1. The number of aryl methyl sites for hydroxylation is 1. The number of nitrogens with two attached hydrogens (primary N) is 1. The minimum Gasteiger partial charge on any atom is -0.326 e. The van der Waals surface area contributed by atoms with Gasteiger partial charge in [-0.05, 0) is 43.3 Å². The molecule has 0 radical (unpaired) electrons. The summed E-state index contributed by atoms with van der Waals surface area (Å²) in [5, 5.41) is 4.29. The van der Waals surface area contributed by atoms with Gasteiger partial charge in [-0.25, -0.2) is 9.97 Å². The Bertz CT molecular complexity index is 1290. The molecule has 1 amide bonds. The summed E-state index contributed by atoms with van der Waals surface area (Å²) in [5.41, 5.74) is 9.71. The predicted octanol–water partition coefficient (Wildman–Crippen LogP) is 5.38. The van der Waals surface area contributed by atoms with Crippen molar-refractivity contribution in [3.63, 3.8) is 0 Å². The van der Waals surface area contributed by atoms with Crippen LogP contribution in [-0.4, -0.2) is 20.3 Å². The standard InChI is InChI=1S/C21H16Cl3N5O/c1-11-16(9-25)19(15-6-5-13(23)8-17(15)24)29-10-18(28-21(29)26-11)20(30)27-14-4-2-3-12(22)7-14/h2-8,10H,9,25H2,1H3,(H,27,30). The molecule has 0 unspecified atom stereocenters. The Morgan fingerprint density at radius 3 is 2.57 bits per heavy atom. The van der Waals surface area contributed by atoms with Crippen molar-refractivity contribution < 1.29 is 4.79 Å². The smallest absolute Gasteiger partial charge is 0.275 e. The van der Waals surface area contributed by atoms with Gasteiger partial charge in [-0.3, -0.25) is 9.20 Å². The summed E-state index contributed by atoms with van der Waals surface area (Å²) >= 11 is 18.5. The summed E-state index contributed by atoms with van der Waals surface area (Å²) in [7, 11) is 0. The molecule has 0 aliphatic carbocycles. The second-order valence-corrected chi connectivity index (χ2v) is 7.89. The monoisotopic (exact) mass is 459 g/mol. The van der Waals surface area contributed by atoms with E-state index >= 15 is 0 Å². The molecule has 152 valence electrons. The van der Waals surface area contributed by atoms with E-state index in [0.717, 1.165) is 16.8 Å². The molecule has 3 N–H and O–H groups in total. The van der Waals surface area contributed by atoms with Crippen molar-refractivity contribution in [3.05, 3.63) is 80.7 Å². The van der Waals surface area contributed by atoms with E-state index in [1.165, 1.54) is 0 Å². The van der Waals surface area contributed by atoms with Crippen LogP contribution in [0, 0.1) is 6.92 Å². The van der Waals surface area contributed by atoms with Crippen LogP contribution in [0.1, 0.15) is 21.7 Å².